The summed E-state index contributed by atoms with van der Waals surface area (Å²) in [6.45, 7) is 3.57. The van der Waals surface area contributed by atoms with Gasteiger partial charge in [0.15, 0.2) is 0 Å². The highest BCUT2D eigenvalue weighted by Gasteiger charge is 2.24. The lowest BCUT2D eigenvalue weighted by Gasteiger charge is -2.17. The third-order valence-electron chi connectivity index (χ3n) is 6.57. The summed E-state index contributed by atoms with van der Waals surface area (Å²) in [6, 6.07) is 20.8. The number of methoxy groups -OCH3 is 1. The SMILES string of the molecule is COC(=O)C(Cc1ccc(F)cc1)NC(=O)c1ccc(-c2c(NC(=O)OC(C)c3ccccc3)c(C)nn2C)cc1. The van der Waals surface area contributed by atoms with Crippen LogP contribution in [-0.4, -0.2) is 40.9 Å². The molecule has 0 saturated carbocycles. The first kappa shape index (κ1) is 29.0. The van der Waals surface area contributed by atoms with Crippen LogP contribution in [0.5, 0.6) is 0 Å². The number of hydrogen-bond acceptors (Lipinski definition) is 6. The predicted octanol–water partition coefficient (Wildman–Crippen LogP) is 5.36. The summed E-state index contributed by atoms with van der Waals surface area (Å²) in [4.78, 5) is 38.1. The Morgan fingerprint density at radius 1 is 0.976 bits per heavy atom. The Hall–Kier alpha value is -4.99. The lowest BCUT2D eigenvalue weighted by atomic mass is 10.0. The molecule has 0 radical (unpaired) electrons. The van der Waals surface area contributed by atoms with E-state index in [1.807, 2.05) is 30.3 Å². The number of halogens is 1. The number of nitrogens with zero attached hydrogens (tertiary/aromatic N) is 2. The van der Waals surface area contributed by atoms with Crippen LogP contribution in [0.1, 0.15) is 40.2 Å². The van der Waals surface area contributed by atoms with Gasteiger partial charge in [-0.05, 0) is 49.2 Å². The van der Waals surface area contributed by atoms with Crippen LogP contribution < -0.4 is 10.6 Å². The highest BCUT2D eigenvalue weighted by Crippen LogP contribution is 2.31. The number of carbonyl (C=O) groups excluding carboxylic acids is 3. The van der Waals surface area contributed by atoms with Gasteiger partial charge in [-0.2, -0.15) is 5.10 Å². The van der Waals surface area contributed by atoms with Crippen molar-refractivity contribution >= 4 is 23.7 Å². The maximum atomic E-state index is 13.3. The van der Waals surface area contributed by atoms with Crippen molar-refractivity contribution in [3.63, 3.8) is 0 Å². The summed E-state index contributed by atoms with van der Waals surface area (Å²) in [6.07, 6.45) is -0.935. The highest BCUT2D eigenvalue weighted by molar-refractivity contribution is 5.98. The van der Waals surface area contributed by atoms with E-state index in [1.165, 1.54) is 19.2 Å². The van der Waals surface area contributed by atoms with Crippen LogP contribution in [0.4, 0.5) is 14.9 Å². The average molecular weight is 559 g/mol. The van der Waals surface area contributed by atoms with Gasteiger partial charge in [-0.15, -0.1) is 0 Å². The van der Waals surface area contributed by atoms with Gasteiger partial charge in [0.1, 0.15) is 18.0 Å². The second-order valence-corrected chi connectivity index (χ2v) is 9.47. The predicted molar refractivity (Wildman–Crippen MR) is 152 cm³/mol. The molecule has 41 heavy (non-hydrogen) atoms. The van der Waals surface area contributed by atoms with E-state index in [-0.39, 0.29) is 6.42 Å². The average Bonchev–Trinajstić information content (AvgIpc) is 3.25. The van der Waals surface area contributed by atoms with Gasteiger partial charge < -0.3 is 14.8 Å². The molecular weight excluding hydrogens is 527 g/mol. The second kappa shape index (κ2) is 12.9. The Morgan fingerprint density at radius 3 is 2.27 bits per heavy atom. The largest absolute Gasteiger partial charge is 0.467 e. The number of ether oxygens (including phenoxy) is 2. The molecule has 0 saturated heterocycles. The Balaban J connectivity index is 1.48. The number of rotatable bonds is 9. The smallest absolute Gasteiger partial charge is 0.412 e. The highest BCUT2D eigenvalue weighted by atomic mass is 19.1. The fraction of sp³-hybridized carbons (Fsp3) is 0.226. The molecule has 9 nitrogen and oxygen atoms in total. The van der Waals surface area contributed by atoms with Crippen molar-refractivity contribution in [1.82, 2.24) is 15.1 Å². The molecule has 2 amide bonds. The zero-order chi connectivity index (χ0) is 29.5. The first-order valence-corrected chi connectivity index (χ1v) is 13.0. The summed E-state index contributed by atoms with van der Waals surface area (Å²) in [7, 11) is 2.99. The number of esters is 1. The van der Waals surface area contributed by atoms with Crippen molar-refractivity contribution in [1.29, 1.82) is 0 Å². The molecule has 0 aliphatic rings. The van der Waals surface area contributed by atoms with E-state index >= 15 is 0 Å². The molecule has 2 unspecified atom stereocenters. The van der Waals surface area contributed by atoms with Gasteiger partial charge in [-0.3, -0.25) is 14.8 Å². The summed E-state index contributed by atoms with van der Waals surface area (Å²) >= 11 is 0. The lowest BCUT2D eigenvalue weighted by molar-refractivity contribution is -0.142. The van der Waals surface area contributed by atoms with Gasteiger partial charge >= 0.3 is 12.1 Å². The Kier molecular flexibility index (Phi) is 9.13. The minimum Gasteiger partial charge on any atom is -0.467 e. The third kappa shape index (κ3) is 7.16. The number of aromatic nitrogens is 2. The standard InChI is InChI=1S/C31H31FN4O5/c1-19-27(34-31(39)41-20(2)22-8-6-5-7-9-22)28(36(3)35-19)23-12-14-24(15-13-23)29(37)33-26(30(38)40-4)18-21-10-16-25(32)17-11-21/h5-17,20,26H,18H2,1-4H3,(H,33,37)(H,34,39). The van der Waals surface area contributed by atoms with E-state index < -0.39 is 35.9 Å². The molecule has 1 heterocycles. The number of carbonyl (C=O) groups is 3. The minimum absolute atomic E-state index is 0.138. The third-order valence-corrected chi connectivity index (χ3v) is 6.57. The van der Waals surface area contributed by atoms with E-state index in [4.69, 9.17) is 9.47 Å². The molecule has 212 valence electrons. The molecule has 2 N–H and O–H groups in total. The maximum absolute atomic E-state index is 13.3. The molecular formula is C31H31FN4O5. The van der Waals surface area contributed by atoms with Crippen LogP contribution in [0.15, 0.2) is 78.9 Å². The molecule has 2 atom stereocenters. The van der Waals surface area contributed by atoms with Gasteiger partial charge in [0.25, 0.3) is 5.91 Å². The van der Waals surface area contributed by atoms with Crippen molar-refractivity contribution in [3.8, 4) is 11.3 Å². The van der Waals surface area contributed by atoms with Gasteiger partial charge in [-0.25, -0.2) is 14.0 Å². The summed E-state index contributed by atoms with van der Waals surface area (Å²) in [5.41, 5.74) is 4.25. The van der Waals surface area contributed by atoms with E-state index in [0.717, 1.165) is 5.56 Å². The Labute approximate surface area is 237 Å². The van der Waals surface area contributed by atoms with Crippen molar-refractivity contribution in [3.05, 3.63) is 107 Å². The van der Waals surface area contributed by atoms with E-state index in [2.05, 4.69) is 15.7 Å². The topological polar surface area (TPSA) is 112 Å². The van der Waals surface area contributed by atoms with E-state index in [0.29, 0.717) is 33.8 Å². The van der Waals surface area contributed by atoms with Crippen molar-refractivity contribution in [2.75, 3.05) is 12.4 Å². The Bertz CT molecular complexity index is 1520. The molecule has 0 fully saturated rings. The molecule has 0 aliphatic heterocycles. The minimum atomic E-state index is -0.961. The number of hydrogen-bond donors (Lipinski definition) is 2. The summed E-state index contributed by atoms with van der Waals surface area (Å²) < 4.78 is 25.3. The van der Waals surface area contributed by atoms with Crippen molar-refractivity contribution < 1.29 is 28.2 Å². The molecule has 10 heteroatoms. The zero-order valence-corrected chi connectivity index (χ0v) is 23.2. The molecule has 3 aromatic carbocycles. The molecule has 0 aliphatic carbocycles. The number of anilines is 1. The zero-order valence-electron chi connectivity index (χ0n) is 23.2. The molecule has 4 aromatic rings. The van der Waals surface area contributed by atoms with Crippen LogP contribution in [0.2, 0.25) is 0 Å². The van der Waals surface area contributed by atoms with Gasteiger partial charge in [0.05, 0.1) is 24.2 Å². The first-order chi connectivity index (χ1) is 19.7. The quantitative estimate of drug-likeness (QED) is 0.268. The first-order valence-electron chi connectivity index (χ1n) is 13.0. The van der Waals surface area contributed by atoms with Gasteiger partial charge in [0, 0.05) is 24.6 Å². The second-order valence-electron chi connectivity index (χ2n) is 9.47. The molecule has 4 rings (SSSR count). The summed E-state index contributed by atoms with van der Waals surface area (Å²) in [5, 5.41) is 9.94. The Morgan fingerprint density at radius 2 is 1.63 bits per heavy atom. The van der Waals surface area contributed by atoms with Gasteiger partial charge in [0.2, 0.25) is 0 Å². The van der Waals surface area contributed by atoms with Crippen LogP contribution in [0.3, 0.4) is 0 Å². The van der Waals surface area contributed by atoms with Gasteiger partial charge in [-0.1, -0.05) is 54.6 Å². The van der Waals surface area contributed by atoms with Crippen LogP contribution >= 0.6 is 0 Å². The summed E-state index contributed by atoms with van der Waals surface area (Å²) in [5.74, 6) is -1.49. The fourth-order valence-corrected chi connectivity index (χ4v) is 4.44. The number of amides is 2. The number of nitrogens with one attached hydrogen (secondary N) is 2. The molecule has 0 spiro atoms. The van der Waals surface area contributed by atoms with Crippen LogP contribution in [-0.2, 0) is 27.7 Å². The number of aryl methyl sites for hydroxylation is 2. The fourth-order valence-electron chi connectivity index (χ4n) is 4.44. The lowest BCUT2D eigenvalue weighted by Crippen LogP contribution is -2.43. The number of benzene rings is 3. The molecule has 1 aromatic heterocycles. The van der Waals surface area contributed by atoms with Crippen molar-refractivity contribution in [2.24, 2.45) is 7.05 Å². The van der Waals surface area contributed by atoms with Crippen LogP contribution in [0, 0.1) is 12.7 Å². The van der Waals surface area contributed by atoms with E-state index in [1.54, 1.807) is 62.0 Å². The monoisotopic (exact) mass is 558 g/mol. The van der Waals surface area contributed by atoms with Crippen molar-refractivity contribution in [2.45, 2.75) is 32.4 Å². The van der Waals surface area contributed by atoms with Crippen LogP contribution in [0.25, 0.3) is 11.3 Å². The van der Waals surface area contributed by atoms with E-state index in [9.17, 15) is 18.8 Å². The normalized spacial score (nSPS) is 12.2. The molecule has 0 bridgehead atoms. The maximum Gasteiger partial charge on any atom is 0.412 e.